The van der Waals surface area contributed by atoms with E-state index in [-0.39, 0.29) is 0 Å². The second-order valence-electron chi connectivity index (χ2n) is 9.44. The third kappa shape index (κ3) is 12.8. The number of hydrogen-bond donors (Lipinski definition) is 7. The Kier molecular flexibility index (Phi) is 13.6. The van der Waals surface area contributed by atoms with Gasteiger partial charge in [0.1, 0.15) is 0 Å². The highest BCUT2D eigenvalue weighted by molar-refractivity contribution is 8.31. The summed E-state index contributed by atoms with van der Waals surface area (Å²) in [5.74, 6) is 0. The highest BCUT2D eigenvalue weighted by Crippen LogP contribution is 2.78. The molecule has 0 spiro atoms. The van der Waals surface area contributed by atoms with E-state index in [0.29, 0.717) is 14.7 Å². The van der Waals surface area contributed by atoms with Crippen LogP contribution < -0.4 is 0 Å². The van der Waals surface area contributed by atoms with Crippen molar-refractivity contribution in [1.29, 1.82) is 0 Å². The molecule has 0 saturated heterocycles. The van der Waals surface area contributed by atoms with Crippen molar-refractivity contribution in [3.05, 3.63) is 115 Å². The molecule has 27 heteroatoms. The van der Waals surface area contributed by atoms with E-state index < -0.39 is 57.2 Å². The fourth-order valence-corrected chi connectivity index (χ4v) is 16.9. The van der Waals surface area contributed by atoms with Gasteiger partial charge in [0.15, 0.2) is 0 Å². The lowest BCUT2D eigenvalue weighted by molar-refractivity contribution is 0.177. The van der Waals surface area contributed by atoms with Crippen LogP contribution in [0.1, 0.15) is 0 Å². The molecule has 0 radical (unpaired) electrons. The minimum atomic E-state index is -6.45. The fourth-order valence-electron chi connectivity index (χ4n) is 4.00. The van der Waals surface area contributed by atoms with Crippen molar-refractivity contribution >= 4 is 69.0 Å². The van der Waals surface area contributed by atoms with E-state index in [2.05, 4.69) is 25.5 Å². The molecule has 8 N–H and O–H groups in total. The molecule has 4 aromatic rings. The van der Waals surface area contributed by atoms with Gasteiger partial charge < -0.3 is 29.4 Å². The molecule has 0 amide bonds. The number of hydrogen-bond acceptors (Lipinski definition) is 12. The Bertz CT molecular complexity index is 2060. The summed E-state index contributed by atoms with van der Waals surface area (Å²) < 4.78 is 95.7. The minimum absolute atomic E-state index is 0.323. The fraction of sp³-hybridized carbons (Fsp3) is 0. The van der Waals surface area contributed by atoms with Crippen LogP contribution in [-0.4, -0.2) is 38.2 Å². The maximum absolute atomic E-state index is 13.6. The van der Waals surface area contributed by atoms with Crippen molar-refractivity contribution < 1.29 is 87.2 Å². The summed E-state index contributed by atoms with van der Waals surface area (Å²) in [6, 6.07) is 32.0. The maximum atomic E-state index is 13.6. The predicted molar refractivity (Wildman–Crippen MR) is 181 cm³/mol. The zero-order valence-electron chi connectivity index (χ0n) is 25.0. The highest BCUT2D eigenvalue weighted by atomic mass is 32.3. The van der Waals surface area contributed by atoms with Gasteiger partial charge in [-0.1, -0.05) is 66.4 Å². The molecule has 4 rings (SSSR count). The molecule has 5 unspecified atom stereocenters. The average molecular weight is 869 g/mol. The van der Waals surface area contributed by atoms with Gasteiger partial charge in [0.25, 0.3) is 0 Å². The summed E-state index contributed by atoms with van der Waals surface area (Å²) in [5.41, 5.74) is 0. The molecule has 0 aliphatic heterocycles. The first-order valence-electron chi connectivity index (χ1n) is 13.3. The molecule has 0 saturated carbocycles. The van der Waals surface area contributed by atoms with Crippen LogP contribution in [0.5, 0.6) is 0 Å². The predicted octanol–water partition coefficient (Wildman–Crippen LogP) is 7.24. The molecule has 4 aromatic carbocycles. The first kappa shape index (κ1) is 42.2. The molecular formula is C24H27O19P6S2+. The number of rotatable bonds is 17. The smallest absolute Gasteiger partial charge is 0.302 e. The summed E-state index contributed by atoms with van der Waals surface area (Å²) in [5, 5.41) is 0. The van der Waals surface area contributed by atoms with Gasteiger partial charge in [-0.25, -0.2) is 22.8 Å². The topological polar surface area (TPSA) is 303 Å². The zero-order valence-corrected chi connectivity index (χ0v) is 32.0. The minimum Gasteiger partial charge on any atom is -0.302 e. The monoisotopic (exact) mass is 869 g/mol. The Morgan fingerprint density at radius 3 is 1.18 bits per heavy atom. The van der Waals surface area contributed by atoms with Crippen LogP contribution in [0.15, 0.2) is 140 Å². The van der Waals surface area contributed by atoms with Crippen LogP contribution in [0, 0.1) is 0 Å². The van der Waals surface area contributed by atoms with Crippen molar-refractivity contribution in [1.82, 2.24) is 0 Å². The van der Waals surface area contributed by atoms with Gasteiger partial charge in [0.2, 0.25) is 0 Å². The molecular weight excluding hydrogens is 842 g/mol. The summed E-state index contributed by atoms with van der Waals surface area (Å²) >= 11 is 1.42. The molecule has 5 atom stereocenters. The Morgan fingerprint density at radius 1 is 0.431 bits per heavy atom. The number of benzene rings is 4. The third-order valence-electron chi connectivity index (χ3n) is 5.58. The lowest BCUT2D eigenvalue weighted by Gasteiger charge is -2.36. The molecule has 0 heterocycles. The summed E-state index contributed by atoms with van der Waals surface area (Å²) in [7, 11) is -40.3. The van der Waals surface area contributed by atoms with Crippen molar-refractivity contribution in [2.75, 3.05) is 0 Å². The van der Waals surface area contributed by atoms with Gasteiger partial charge in [-0.15, -0.1) is 4.31 Å². The van der Waals surface area contributed by atoms with Crippen LogP contribution in [0.4, 0.5) is 0 Å². The van der Waals surface area contributed by atoms with E-state index in [1.54, 1.807) is 84.9 Å². The zero-order chi connectivity index (χ0) is 37.8. The molecule has 0 bridgehead atoms. The maximum Gasteiger partial charge on any atom is 0.654 e. The van der Waals surface area contributed by atoms with Gasteiger partial charge in [-0.05, 0) is 60.7 Å². The molecule has 278 valence electrons. The summed E-state index contributed by atoms with van der Waals surface area (Å²) in [4.78, 5) is 69.7. The Hall–Kier alpha value is -1.56. The summed E-state index contributed by atoms with van der Waals surface area (Å²) in [6.45, 7) is 0. The second kappa shape index (κ2) is 16.4. The normalized spacial score (nSPS) is 18.6. The Morgan fingerprint density at radius 2 is 0.765 bits per heavy atom. The average Bonchev–Trinajstić information content (AvgIpc) is 2.98. The van der Waals surface area contributed by atoms with E-state index >= 15 is 0 Å². The van der Waals surface area contributed by atoms with Crippen LogP contribution in [0.3, 0.4) is 0 Å². The van der Waals surface area contributed by atoms with E-state index in [1.807, 2.05) is 30.3 Å². The quantitative estimate of drug-likeness (QED) is 0.0406. The molecule has 0 aliphatic carbocycles. The van der Waals surface area contributed by atoms with Gasteiger partial charge in [0, 0.05) is 9.79 Å². The van der Waals surface area contributed by atoms with Crippen LogP contribution in [-0.2, 0) is 48.9 Å². The van der Waals surface area contributed by atoms with Crippen molar-refractivity contribution in [2.45, 2.75) is 24.5 Å². The summed E-state index contributed by atoms with van der Waals surface area (Å²) in [6.07, 6.45) is 0. The molecule has 19 nitrogen and oxygen atoms in total. The van der Waals surface area contributed by atoms with Crippen LogP contribution >= 0.6 is 69.0 Å². The van der Waals surface area contributed by atoms with E-state index in [0.717, 1.165) is 9.79 Å². The molecule has 51 heavy (non-hydrogen) atoms. The molecule has 0 fully saturated rings. The van der Waals surface area contributed by atoms with Gasteiger partial charge >= 0.3 is 46.9 Å². The first-order chi connectivity index (χ1) is 23.5. The molecule has 0 aromatic heterocycles. The molecule has 0 aliphatic rings. The van der Waals surface area contributed by atoms with E-state index in [9.17, 15) is 51.9 Å². The SMILES string of the molecule is O=P(O)(O)OP(=O)(O)OP(=O)(O)OP(=O)(O)OP(=O)(O)OP(=O)(O)[OH+]S(c1ccccc1)(c1ccccc1)c1ccc(Sc2ccccc2)cc1. The van der Waals surface area contributed by atoms with Crippen LogP contribution in [0.25, 0.3) is 0 Å². The van der Waals surface area contributed by atoms with Crippen molar-refractivity contribution in [3.8, 4) is 0 Å². The second-order valence-corrected chi connectivity index (χ2v) is 22.8. The Balaban J connectivity index is 1.67. The van der Waals surface area contributed by atoms with Crippen molar-refractivity contribution in [2.24, 2.45) is 0 Å². The standard InChI is InChI=1S/C24H26O19P6S2/c25-44(26,27)38-45(28,29)39-46(30,31)40-47(32,33)41-48(34,35)42-49(36,37)43-51(22-12-6-2-7-13-22,23-14-8-3-9-15-23)24-18-16-21(17-19-24)50-20-10-4-1-5-11-20/h1-19H,(H,28,29)(H,30,31)(H,32,33)(H,34,35)(H,36,37)(H2,25,26,27)/p+1. The Labute approximate surface area is 295 Å². The highest BCUT2D eigenvalue weighted by Gasteiger charge is 2.54. The lowest BCUT2D eigenvalue weighted by atomic mass is 10.3. The van der Waals surface area contributed by atoms with E-state index in [4.69, 9.17) is 9.79 Å². The van der Waals surface area contributed by atoms with Gasteiger partial charge in [-0.2, -0.15) is 21.8 Å². The first-order valence-corrected chi connectivity index (χ1v) is 24.7. The van der Waals surface area contributed by atoms with Gasteiger partial charge in [-0.3, -0.25) is 8.86 Å². The lowest BCUT2D eigenvalue weighted by Crippen LogP contribution is -2.11. The van der Waals surface area contributed by atoms with E-state index in [1.165, 1.54) is 11.8 Å². The third-order valence-corrected chi connectivity index (χ3v) is 19.6. The van der Waals surface area contributed by atoms with Crippen molar-refractivity contribution in [3.63, 3.8) is 0 Å². The van der Waals surface area contributed by atoms with Gasteiger partial charge in [0.05, 0.1) is 25.0 Å². The number of phosphoric acid groups is 5. The van der Waals surface area contributed by atoms with Crippen LogP contribution in [0.2, 0.25) is 0 Å². The largest absolute Gasteiger partial charge is 0.654 e.